The largest absolute Gasteiger partial charge is 0.349 e. The summed E-state index contributed by atoms with van der Waals surface area (Å²) in [5, 5.41) is 3.21. The average Bonchev–Trinajstić information content (AvgIpc) is 2.84. The summed E-state index contributed by atoms with van der Waals surface area (Å²) < 4.78 is 41.8. The van der Waals surface area contributed by atoms with Crippen LogP contribution in [0, 0.1) is 18.7 Å². The van der Waals surface area contributed by atoms with Gasteiger partial charge >= 0.3 is 0 Å². The number of amides is 1. The van der Waals surface area contributed by atoms with Gasteiger partial charge in [0.2, 0.25) is 15.9 Å². The highest BCUT2D eigenvalue weighted by Crippen LogP contribution is 2.30. The predicted molar refractivity (Wildman–Crippen MR) is 136 cm³/mol. The summed E-state index contributed by atoms with van der Waals surface area (Å²) in [4.78, 5) is 21.2. The molecule has 1 saturated carbocycles. The quantitative estimate of drug-likeness (QED) is 0.449. The summed E-state index contributed by atoms with van der Waals surface area (Å²) in [6.45, 7) is 3.70. The minimum atomic E-state index is -3.83. The molecule has 4 rings (SSSR count). The van der Waals surface area contributed by atoms with Crippen LogP contribution in [-0.4, -0.2) is 30.3 Å². The van der Waals surface area contributed by atoms with Crippen LogP contribution in [0.15, 0.2) is 59.8 Å². The second-order valence-electron chi connectivity index (χ2n) is 9.14. The number of nitrogens with zero attached hydrogens (tertiary/aromatic N) is 2. The maximum absolute atomic E-state index is 13.1. The van der Waals surface area contributed by atoms with Gasteiger partial charge in [0.15, 0.2) is 0 Å². The molecule has 0 aliphatic heterocycles. The Morgan fingerprint density at radius 2 is 1.78 bits per heavy atom. The number of hydrogen-bond donors (Lipinski definition) is 2. The van der Waals surface area contributed by atoms with Gasteiger partial charge in [0.25, 0.3) is 0 Å². The summed E-state index contributed by atoms with van der Waals surface area (Å²) in [6, 6.07) is 10.5. The van der Waals surface area contributed by atoms with Crippen LogP contribution in [0.4, 0.5) is 4.39 Å². The normalized spacial score (nSPS) is 19.0. The molecule has 1 atom stereocenters. The molecular formula is C26H28ClFN4O3S. The lowest BCUT2D eigenvalue weighted by Crippen LogP contribution is -2.41. The summed E-state index contributed by atoms with van der Waals surface area (Å²) in [5.74, 6) is -0.602. The molecule has 0 unspecified atom stereocenters. The van der Waals surface area contributed by atoms with Crippen molar-refractivity contribution in [3.8, 4) is 11.3 Å². The number of sulfonamides is 1. The number of carbonyl (C=O) groups is 1. The number of nitrogens with one attached hydrogen (secondary N) is 2. The Bertz CT molecular complexity index is 1340. The third-order valence-electron chi connectivity index (χ3n) is 6.45. The Labute approximate surface area is 215 Å². The van der Waals surface area contributed by atoms with Crippen LogP contribution in [0.1, 0.15) is 49.9 Å². The zero-order chi connectivity index (χ0) is 25.9. The highest BCUT2D eigenvalue weighted by atomic mass is 35.5. The molecular weight excluding hydrogens is 503 g/mol. The second-order valence-corrected chi connectivity index (χ2v) is 11.3. The van der Waals surface area contributed by atoms with E-state index in [-0.39, 0.29) is 39.6 Å². The van der Waals surface area contributed by atoms with Crippen LogP contribution < -0.4 is 10.0 Å². The molecule has 1 aliphatic rings. The molecule has 2 aromatic heterocycles. The first kappa shape index (κ1) is 26.2. The molecule has 10 heteroatoms. The monoisotopic (exact) mass is 530 g/mol. The average molecular weight is 531 g/mol. The molecule has 0 saturated heterocycles. The van der Waals surface area contributed by atoms with E-state index in [4.69, 9.17) is 11.6 Å². The first-order valence-electron chi connectivity index (χ1n) is 11.8. The fraction of sp³-hybridized carbons (Fsp3) is 0.346. The Morgan fingerprint density at radius 3 is 2.42 bits per heavy atom. The smallest absolute Gasteiger partial charge is 0.242 e. The van der Waals surface area contributed by atoms with E-state index >= 15 is 0 Å². The SMILES string of the molecule is Cc1cc(-c2ncc(S(=O)(=O)N[C@H]3CC[C@H](C(=O)N[C@H](C)c4ccc(F)cc4)CC3)cc2Cl)ccn1. The number of aryl methyl sites for hydroxylation is 1. The van der Waals surface area contributed by atoms with Crippen molar-refractivity contribution in [1.82, 2.24) is 20.0 Å². The van der Waals surface area contributed by atoms with Gasteiger partial charge in [-0.2, -0.15) is 0 Å². The van der Waals surface area contributed by atoms with E-state index < -0.39 is 10.0 Å². The van der Waals surface area contributed by atoms with Crippen molar-refractivity contribution in [2.24, 2.45) is 5.92 Å². The number of pyridine rings is 2. The van der Waals surface area contributed by atoms with Crippen molar-refractivity contribution in [2.45, 2.75) is 56.5 Å². The van der Waals surface area contributed by atoms with Gasteiger partial charge in [-0.3, -0.25) is 14.8 Å². The van der Waals surface area contributed by atoms with Crippen LogP contribution in [-0.2, 0) is 14.8 Å². The zero-order valence-corrected chi connectivity index (χ0v) is 21.6. The lowest BCUT2D eigenvalue weighted by atomic mass is 9.85. The molecule has 1 aliphatic carbocycles. The van der Waals surface area contributed by atoms with Gasteiger partial charge in [0, 0.05) is 35.6 Å². The predicted octanol–water partition coefficient (Wildman–Crippen LogP) is 4.96. The topological polar surface area (TPSA) is 101 Å². The number of halogens is 2. The first-order valence-corrected chi connectivity index (χ1v) is 13.7. The summed E-state index contributed by atoms with van der Waals surface area (Å²) in [5.41, 5.74) is 2.87. The molecule has 7 nitrogen and oxygen atoms in total. The Balaban J connectivity index is 1.34. The van der Waals surface area contributed by atoms with Crippen molar-refractivity contribution in [3.05, 3.63) is 77.0 Å². The Morgan fingerprint density at radius 1 is 1.08 bits per heavy atom. The third-order valence-corrected chi connectivity index (χ3v) is 8.22. The molecule has 190 valence electrons. The number of benzene rings is 1. The van der Waals surface area contributed by atoms with Gasteiger partial charge in [0.05, 0.1) is 16.8 Å². The fourth-order valence-corrected chi connectivity index (χ4v) is 6.01. The zero-order valence-electron chi connectivity index (χ0n) is 20.0. The van der Waals surface area contributed by atoms with Gasteiger partial charge in [0.1, 0.15) is 10.7 Å². The fourth-order valence-electron chi connectivity index (χ4n) is 4.40. The van der Waals surface area contributed by atoms with Crippen LogP contribution in [0.25, 0.3) is 11.3 Å². The van der Waals surface area contributed by atoms with Crippen molar-refractivity contribution < 1.29 is 17.6 Å². The van der Waals surface area contributed by atoms with E-state index in [1.165, 1.54) is 24.4 Å². The molecule has 0 radical (unpaired) electrons. The highest BCUT2D eigenvalue weighted by molar-refractivity contribution is 7.89. The minimum absolute atomic E-state index is 0.00461. The molecule has 2 heterocycles. The first-order chi connectivity index (χ1) is 17.1. The van der Waals surface area contributed by atoms with E-state index in [9.17, 15) is 17.6 Å². The van der Waals surface area contributed by atoms with Crippen LogP contribution in [0.3, 0.4) is 0 Å². The van der Waals surface area contributed by atoms with E-state index in [1.807, 2.05) is 19.9 Å². The molecule has 1 amide bonds. The molecule has 2 N–H and O–H groups in total. The van der Waals surface area contributed by atoms with Crippen LogP contribution >= 0.6 is 11.6 Å². The maximum atomic E-state index is 13.1. The van der Waals surface area contributed by atoms with Crippen molar-refractivity contribution in [1.29, 1.82) is 0 Å². The molecule has 0 bridgehead atoms. The Kier molecular flexibility index (Phi) is 8.02. The number of rotatable bonds is 7. The van der Waals surface area contributed by atoms with Crippen molar-refractivity contribution in [2.75, 3.05) is 0 Å². The van der Waals surface area contributed by atoms with Gasteiger partial charge in [-0.05, 0) is 75.4 Å². The van der Waals surface area contributed by atoms with Gasteiger partial charge in [-0.15, -0.1) is 0 Å². The van der Waals surface area contributed by atoms with E-state index in [1.54, 1.807) is 24.4 Å². The Hall–Kier alpha value is -2.88. The number of carbonyl (C=O) groups excluding carboxylic acids is 1. The minimum Gasteiger partial charge on any atom is -0.349 e. The van der Waals surface area contributed by atoms with Gasteiger partial charge in [-0.1, -0.05) is 23.7 Å². The van der Waals surface area contributed by atoms with E-state index in [0.717, 1.165) is 16.8 Å². The number of hydrogen-bond acceptors (Lipinski definition) is 5. The lowest BCUT2D eigenvalue weighted by Gasteiger charge is -2.29. The third kappa shape index (κ3) is 6.27. The molecule has 3 aromatic rings. The maximum Gasteiger partial charge on any atom is 0.242 e. The van der Waals surface area contributed by atoms with Gasteiger partial charge < -0.3 is 5.32 Å². The summed E-state index contributed by atoms with van der Waals surface area (Å²) in [6.07, 6.45) is 5.16. The molecule has 36 heavy (non-hydrogen) atoms. The molecule has 1 aromatic carbocycles. The standard InChI is InChI=1S/C26H28ClFN4O3S/c1-16-13-20(11-12-29-16)25-24(27)14-23(15-30-25)36(34,35)32-22-9-5-19(6-10-22)26(33)31-17(2)18-3-7-21(28)8-4-18/h3-4,7-8,11-15,17,19,22,32H,5-6,9-10H2,1-2H3,(H,31,33)/t17-,19-,22-/m1/s1. The van der Waals surface area contributed by atoms with E-state index in [0.29, 0.717) is 31.4 Å². The summed E-state index contributed by atoms with van der Waals surface area (Å²) >= 11 is 6.37. The van der Waals surface area contributed by atoms with Crippen LogP contribution in [0.5, 0.6) is 0 Å². The molecule has 1 fully saturated rings. The van der Waals surface area contributed by atoms with Crippen molar-refractivity contribution in [3.63, 3.8) is 0 Å². The van der Waals surface area contributed by atoms with Gasteiger partial charge in [-0.25, -0.2) is 17.5 Å². The summed E-state index contributed by atoms with van der Waals surface area (Å²) in [7, 11) is -3.83. The number of aromatic nitrogens is 2. The van der Waals surface area contributed by atoms with Crippen molar-refractivity contribution >= 4 is 27.5 Å². The second kappa shape index (κ2) is 11.0. The van der Waals surface area contributed by atoms with Crippen LogP contribution in [0.2, 0.25) is 5.02 Å². The molecule has 0 spiro atoms. The highest BCUT2D eigenvalue weighted by Gasteiger charge is 2.30. The lowest BCUT2D eigenvalue weighted by molar-refractivity contribution is -0.126. The van der Waals surface area contributed by atoms with E-state index in [2.05, 4.69) is 20.0 Å².